The average molecular weight is 541 g/mol. The Bertz CT molecular complexity index is 1280. The number of allylic oxidation sites excluding steroid dienone is 3. The van der Waals surface area contributed by atoms with E-state index in [0.717, 1.165) is 58.0 Å². The van der Waals surface area contributed by atoms with Crippen LogP contribution in [0.4, 0.5) is 5.69 Å². The van der Waals surface area contributed by atoms with E-state index in [0.29, 0.717) is 18.3 Å². The van der Waals surface area contributed by atoms with Crippen LogP contribution in [0.5, 0.6) is 0 Å². The van der Waals surface area contributed by atoms with Gasteiger partial charge in [-0.15, -0.1) is 0 Å². The van der Waals surface area contributed by atoms with E-state index >= 15 is 0 Å². The maximum absolute atomic E-state index is 13.8. The molecule has 6 atom stereocenters. The molecular formula is C35H44N2O3. The SMILES string of the molecule is CCC(=O)[C@@]1(C#CCO)CC[C@H]2[C@@H]3CCC4=CC(N=O)CCC4=C3C(c3ccc(N4CCCCC4)cc3)C[C@@]21C. The van der Waals surface area contributed by atoms with E-state index in [2.05, 4.69) is 59.2 Å². The maximum Gasteiger partial charge on any atom is 0.151 e. The van der Waals surface area contributed by atoms with Crippen molar-refractivity contribution in [2.24, 2.45) is 27.8 Å². The second-order valence-electron chi connectivity index (χ2n) is 13.1. The summed E-state index contributed by atoms with van der Waals surface area (Å²) < 4.78 is 0. The first-order chi connectivity index (χ1) is 19.5. The molecule has 5 nitrogen and oxygen atoms in total. The Labute approximate surface area is 239 Å². The van der Waals surface area contributed by atoms with Gasteiger partial charge in [0.1, 0.15) is 12.6 Å². The van der Waals surface area contributed by atoms with Crippen molar-refractivity contribution < 1.29 is 9.90 Å². The molecule has 1 aromatic carbocycles. The maximum atomic E-state index is 13.8. The molecule has 5 aliphatic rings. The second kappa shape index (κ2) is 10.9. The van der Waals surface area contributed by atoms with Crippen LogP contribution in [-0.4, -0.2) is 36.6 Å². The van der Waals surface area contributed by atoms with Gasteiger partial charge in [0.2, 0.25) is 0 Å². The van der Waals surface area contributed by atoms with Gasteiger partial charge in [0.25, 0.3) is 0 Å². The summed E-state index contributed by atoms with van der Waals surface area (Å²) in [5.41, 5.74) is 6.08. The van der Waals surface area contributed by atoms with Crippen molar-refractivity contribution in [3.8, 4) is 11.8 Å². The van der Waals surface area contributed by atoms with Gasteiger partial charge in [-0.05, 0) is 110 Å². The molecule has 0 aromatic heterocycles. The van der Waals surface area contributed by atoms with Crippen molar-refractivity contribution >= 4 is 11.5 Å². The number of Topliss-reactive ketones (excluding diaryl/α,β-unsaturated/α-hetero) is 1. The largest absolute Gasteiger partial charge is 0.384 e. The monoisotopic (exact) mass is 540 g/mol. The highest BCUT2D eigenvalue weighted by atomic mass is 16.3. The molecule has 5 heteroatoms. The first-order valence-electron chi connectivity index (χ1n) is 15.7. The van der Waals surface area contributed by atoms with Crippen molar-refractivity contribution in [3.05, 3.63) is 57.5 Å². The number of aliphatic hydroxyl groups is 1. The fourth-order valence-electron chi connectivity index (χ4n) is 9.48. The van der Waals surface area contributed by atoms with Crippen molar-refractivity contribution in [1.82, 2.24) is 0 Å². The van der Waals surface area contributed by atoms with Gasteiger partial charge in [-0.3, -0.25) is 4.79 Å². The molecule has 0 amide bonds. The molecule has 212 valence electrons. The van der Waals surface area contributed by atoms with E-state index in [-0.39, 0.29) is 29.8 Å². The summed E-state index contributed by atoms with van der Waals surface area (Å²) >= 11 is 0. The molecule has 4 aliphatic carbocycles. The van der Waals surface area contributed by atoms with Crippen molar-refractivity contribution in [1.29, 1.82) is 0 Å². The molecule has 6 rings (SSSR count). The lowest BCUT2D eigenvalue weighted by Gasteiger charge is -2.55. The summed E-state index contributed by atoms with van der Waals surface area (Å²) in [5.74, 6) is 7.62. The average Bonchev–Trinajstić information content (AvgIpc) is 3.31. The lowest BCUT2D eigenvalue weighted by atomic mass is 9.48. The van der Waals surface area contributed by atoms with E-state index < -0.39 is 5.41 Å². The predicted molar refractivity (Wildman–Crippen MR) is 160 cm³/mol. The molecule has 0 spiro atoms. The summed E-state index contributed by atoms with van der Waals surface area (Å²) in [7, 11) is 0. The number of hydrogen-bond acceptors (Lipinski definition) is 5. The van der Waals surface area contributed by atoms with Crippen LogP contribution in [0.1, 0.15) is 96.0 Å². The first-order valence-corrected chi connectivity index (χ1v) is 15.7. The summed E-state index contributed by atoms with van der Waals surface area (Å²) in [6, 6.07) is 9.11. The standard InChI is InChI=1S/C35H44N2O3/c1-3-32(39)35(17-7-21-38)18-16-31-29-14-10-25-22-26(36-40)11-15-28(25)33(29)30(23-34(31,35)2)24-8-12-27(13-9-24)37-19-5-4-6-20-37/h8-9,12-13,22,26,29-31,38H,3-6,10-11,14-16,18-21,23H2,1-2H3/t26?,29-,30?,31-,34-,35+/m0/s1. The van der Waals surface area contributed by atoms with E-state index in [1.54, 1.807) is 5.57 Å². The Morgan fingerprint density at radius 2 is 1.88 bits per heavy atom. The van der Waals surface area contributed by atoms with Crippen LogP contribution in [-0.2, 0) is 4.79 Å². The van der Waals surface area contributed by atoms with Crippen LogP contribution in [0.2, 0.25) is 0 Å². The number of ketones is 1. The number of piperidine rings is 1. The molecule has 0 radical (unpaired) electrons. The number of nitroso groups, excluding NO2 is 1. The van der Waals surface area contributed by atoms with Gasteiger partial charge in [0.05, 0.1) is 5.41 Å². The molecule has 1 aromatic rings. The van der Waals surface area contributed by atoms with E-state index in [4.69, 9.17) is 0 Å². The Kier molecular flexibility index (Phi) is 7.51. The molecule has 40 heavy (non-hydrogen) atoms. The Morgan fingerprint density at radius 1 is 1.10 bits per heavy atom. The molecule has 1 N–H and O–H groups in total. The van der Waals surface area contributed by atoms with E-state index in [1.165, 1.54) is 41.7 Å². The fraction of sp³-hybridized carbons (Fsp3) is 0.629. The van der Waals surface area contributed by atoms with Gasteiger partial charge < -0.3 is 10.0 Å². The van der Waals surface area contributed by atoms with Crippen LogP contribution in [0, 0.1) is 39.4 Å². The lowest BCUT2D eigenvalue weighted by Crippen LogP contribution is -2.50. The number of rotatable bonds is 5. The third-order valence-corrected chi connectivity index (χ3v) is 11.4. The number of carbonyl (C=O) groups excluding carboxylic acids is 1. The predicted octanol–water partition coefficient (Wildman–Crippen LogP) is 7.10. The van der Waals surface area contributed by atoms with Gasteiger partial charge in [-0.2, -0.15) is 4.91 Å². The Morgan fingerprint density at radius 3 is 2.58 bits per heavy atom. The Balaban J connectivity index is 1.47. The van der Waals surface area contributed by atoms with Gasteiger partial charge >= 0.3 is 0 Å². The topological polar surface area (TPSA) is 70.0 Å². The highest BCUT2D eigenvalue weighted by Gasteiger charge is 2.65. The molecule has 1 aliphatic heterocycles. The number of hydrogen-bond donors (Lipinski definition) is 1. The highest BCUT2D eigenvalue weighted by Crippen LogP contribution is 2.70. The van der Waals surface area contributed by atoms with Crippen molar-refractivity contribution in [2.45, 2.75) is 96.4 Å². The zero-order valence-corrected chi connectivity index (χ0v) is 24.3. The minimum absolute atomic E-state index is 0.206. The lowest BCUT2D eigenvalue weighted by molar-refractivity contribution is -0.132. The smallest absolute Gasteiger partial charge is 0.151 e. The number of aliphatic hydroxyl groups excluding tert-OH is 1. The zero-order valence-electron chi connectivity index (χ0n) is 24.3. The summed E-state index contributed by atoms with van der Waals surface area (Å²) in [6.45, 7) is 6.36. The molecule has 2 unspecified atom stereocenters. The first kappa shape index (κ1) is 27.5. The van der Waals surface area contributed by atoms with Crippen LogP contribution in [0.15, 0.2) is 52.2 Å². The third kappa shape index (κ3) is 4.30. The summed E-state index contributed by atoms with van der Waals surface area (Å²) in [5, 5.41) is 13.1. The van der Waals surface area contributed by atoms with Crippen LogP contribution < -0.4 is 4.90 Å². The van der Waals surface area contributed by atoms with Crippen LogP contribution in [0.3, 0.4) is 0 Å². The minimum atomic E-state index is -0.702. The third-order valence-electron chi connectivity index (χ3n) is 11.4. The quantitative estimate of drug-likeness (QED) is 0.319. The van der Waals surface area contributed by atoms with Gasteiger partial charge in [-0.1, -0.05) is 54.6 Å². The van der Waals surface area contributed by atoms with Gasteiger partial charge in [0.15, 0.2) is 5.78 Å². The number of benzene rings is 1. The summed E-state index contributed by atoms with van der Waals surface area (Å²) in [6.07, 6.45) is 12.9. The minimum Gasteiger partial charge on any atom is -0.384 e. The number of nitrogens with zero attached hydrogens (tertiary/aromatic N) is 2. The number of carbonyl (C=O) groups is 1. The van der Waals surface area contributed by atoms with Crippen molar-refractivity contribution in [3.63, 3.8) is 0 Å². The van der Waals surface area contributed by atoms with Gasteiger partial charge in [-0.25, -0.2) is 0 Å². The molecule has 0 bridgehead atoms. The molecule has 2 saturated carbocycles. The highest BCUT2D eigenvalue weighted by molar-refractivity contribution is 5.89. The van der Waals surface area contributed by atoms with Crippen LogP contribution >= 0.6 is 0 Å². The van der Waals surface area contributed by atoms with Crippen molar-refractivity contribution in [2.75, 3.05) is 24.6 Å². The van der Waals surface area contributed by atoms with E-state index in [9.17, 15) is 14.8 Å². The Hall–Kier alpha value is -2.71. The molecule has 1 saturated heterocycles. The number of anilines is 1. The zero-order chi connectivity index (χ0) is 27.9. The van der Waals surface area contributed by atoms with Crippen LogP contribution in [0.25, 0.3) is 0 Å². The summed E-state index contributed by atoms with van der Waals surface area (Å²) in [4.78, 5) is 27.7. The second-order valence-corrected chi connectivity index (χ2v) is 13.1. The normalized spacial score (nSPS) is 35.1. The molecular weight excluding hydrogens is 496 g/mol. The molecule has 3 fully saturated rings. The van der Waals surface area contributed by atoms with Gasteiger partial charge in [0, 0.05) is 31.1 Å². The fourth-order valence-corrected chi connectivity index (χ4v) is 9.48. The number of fused-ring (bicyclic) bond motifs is 4. The molecule has 1 heterocycles. The van der Waals surface area contributed by atoms with E-state index in [1.807, 2.05) is 6.92 Å².